The molecule has 0 amide bonds. The van der Waals surface area contributed by atoms with Gasteiger partial charge >= 0.3 is 0 Å². The molecular weight excluding hydrogens is 280 g/mol. The van der Waals surface area contributed by atoms with Gasteiger partial charge in [0.05, 0.1) is 4.90 Å². The number of rotatable bonds is 6. The van der Waals surface area contributed by atoms with Gasteiger partial charge in [0.1, 0.15) is 0 Å². The van der Waals surface area contributed by atoms with Crippen molar-refractivity contribution < 1.29 is 8.42 Å². The Balaban J connectivity index is 3.04. The topological polar surface area (TPSA) is 72.2 Å². The number of thioether (sulfide) groups is 1. The van der Waals surface area contributed by atoms with E-state index in [9.17, 15) is 8.42 Å². The van der Waals surface area contributed by atoms with E-state index in [2.05, 4.69) is 11.6 Å². The third-order valence-electron chi connectivity index (χ3n) is 2.84. The predicted molar refractivity (Wildman–Crippen MR) is 83.1 cm³/mol. The molecule has 19 heavy (non-hydrogen) atoms. The van der Waals surface area contributed by atoms with Crippen LogP contribution in [0.1, 0.15) is 25.0 Å². The summed E-state index contributed by atoms with van der Waals surface area (Å²) in [6.07, 6.45) is 0. The first kappa shape index (κ1) is 16.3. The van der Waals surface area contributed by atoms with E-state index >= 15 is 0 Å². The van der Waals surface area contributed by atoms with Gasteiger partial charge < -0.3 is 5.73 Å². The zero-order chi connectivity index (χ0) is 14.6. The van der Waals surface area contributed by atoms with Gasteiger partial charge in [-0.1, -0.05) is 13.0 Å². The molecule has 0 fully saturated rings. The SMILES string of the molecule is CCSCC(C)NS(=O)(=O)c1c(C)ccc(N)c1C. The van der Waals surface area contributed by atoms with Gasteiger partial charge in [-0.2, -0.15) is 11.8 Å². The van der Waals surface area contributed by atoms with Gasteiger partial charge in [0.2, 0.25) is 10.0 Å². The summed E-state index contributed by atoms with van der Waals surface area (Å²) in [6, 6.07) is 3.37. The molecule has 0 aliphatic rings. The smallest absolute Gasteiger partial charge is 0.241 e. The number of sulfonamides is 1. The highest BCUT2D eigenvalue weighted by Gasteiger charge is 2.22. The molecule has 1 rings (SSSR count). The van der Waals surface area contributed by atoms with E-state index in [1.54, 1.807) is 37.7 Å². The Morgan fingerprint density at radius 1 is 1.37 bits per heavy atom. The summed E-state index contributed by atoms with van der Waals surface area (Å²) in [6.45, 7) is 7.45. The third-order valence-corrected chi connectivity index (χ3v) is 5.86. The van der Waals surface area contributed by atoms with Gasteiger partial charge in [-0.15, -0.1) is 0 Å². The van der Waals surface area contributed by atoms with Crippen molar-refractivity contribution in [3.63, 3.8) is 0 Å². The van der Waals surface area contributed by atoms with Crippen LogP contribution < -0.4 is 10.5 Å². The van der Waals surface area contributed by atoms with Crippen LogP contribution in [0.25, 0.3) is 0 Å². The maximum Gasteiger partial charge on any atom is 0.241 e. The second-order valence-electron chi connectivity index (χ2n) is 4.61. The molecule has 4 nitrogen and oxygen atoms in total. The molecule has 1 unspecified atom stereocenters. The van der Waals surface area contributed by atoms with Gasteiger partial charge in [0.25, 0.3) is 0 Å². The van der Waals surface area contributed by atoms with E-state index < -0.39 is 10.0 Å². The van der Waals surface area contributed by atoms with E-state index in [4.69, 9.17) is 5.73 Å². The minimum Gasteiger partial charge on any atom is -0.398 e. The van der Waals surface area contributed by atoms with E-state index in [-0.39, 0.29) is 6.04 Å². The predicted octanol–water partition coefficient (Wildman–Crippen LogP) is 2.31. The molecular formula is C13H22N2O2S2. The summed E-state index contributed by atoms with van der Waals surface area (Å²) in [7, 11) is -3.52. The minimum absolute atomic E-state index is 0.102. The van der Waals surface area contributed by atoms with E-state index in [1.165, 1.54) is 0 Å². The average Bonchev–Trinajstić information content (AvgIpc) is 2.31. The van der Waals surface area contributed by atoms with Crippen LogP contribution in [-0.4, -0.2) is 26.0 Å². The fourth-order valence-corrected chi connectivity index (χ4v) is 4.43. The van der Waals surface area contributed by atoms with E-state index in [0.717, 1.165) is 17.1 Å². The number of hydrogen-bond acceptors (Lipinski definition) is 4. The summed E-state index contributed by atoms with van der Waals surface area (Å²) in [5.41, 5.74) is 7.63. The number of nitrogens with one attached hydrogen (secondary N) is 1. The molecule has 0 heterocycles. The molecule has 1 aromatic rings. The second-order valence-corrected chi connectivity index (χ2v) is 7.58. The van der Waals surface area contributed by atoms with Gasteiger partial charge in [-0.25, -0.2) is 13.1 Å². The van der Waals surface area contributed by atoms with Crippen LogP contribution in [-0.2, 0) is 10.0 Å². The van der Waals surface area contributed by atoms with Crippen LogP contribution in [0.5, 0.6) is 0 Å². The first-order chi connectivity index (χ1) is 8.79. The molecule has 3 N–H and O–H groups in total. The lowest BCUT2D eigenvalue weighted by molar-refractivity contribution is 0.570. The highest BCUT2D eigenvalue weighted by atomic mass is 32.2. The first-order valence-corrected chi connectivity index (χ1v) is 8.89. The van der Waals surface area contributed by atoms with Crippen molar-refractivity contribution in [1.82, 2.24) is 4.72 Å². The standard InChI is InChI=1S/C13H22N2O2S2/c1-5-18-8-10(3)15-19(16,17)13-9(2)6-7-12(14)11(13)4/h6-7,10,15H,5,8,14H2,1-4H3. The molecule has 0 saturated heterocycles. The molecule has 0 aliphatic heterocycles. The lowest BCUT2D eigenvalue weighted by Gasteiger charge is -2.17. The summed E-state index contributed by atoms with van der Waals surface area (Å²) < 4.78 is 27.6. The van der Waals surface area contributed by atoms with Crippen LogP contribution in [0.15, 0.2) is 17.0 Å². The number of nitrogen functional groups attached to an aromatic ring is 1. The summed E-state index contributed by atoms with van der Waals surface area (Å²) in [5.74, 6) is 1.73. The summed E-state index contributed by atoms with van der Waals surface area (Å²) >= 11 is 1.71. The number of nitrogens with two attached hydrogens (primary N) is 1. The van der Waals surface area contributed by atoms with Crippen molar-refractivity contribution in [3.8, 4) is 0 Å². The lowest BCUT2D eigenvalue weighted by Crippen LogP contribution is -2.35. The van der Waals surface area contributed by atoms with Crippen LogP contribution in [0.3, 0.4) is 0 Å². The molecule has 0 radical (unpaired) electrons. The zero-order valence-electron chi connectivity index (χ0n) is 11.9. The van der Waals surface area contributed by atoms with Crippen LogP contribution in [0.4, 0.5) is 5.69 Å². The van der Waals surface area contributed by atoms with Crippen LogP contribution in [0, 0.1) is 13.8 Å². The molecule has 0 aliphatic carbocycles. The number of anilines is 1. The molecule has 0 aromatic heterocycles. The third kappa shape index (κ3) is 4.12. The maximum absolute atomic E-state index is 12.4. The molecule has 0 spiro atoms. The molecule has 108 valence electrons. The Bertz CT molecular complexity index is 542. The van der Waals surface area contributed by atoms with Gasteiger partial charge in [0.15, 0.2) is 0 Å². The van der Waals surface area contributed by atoms with Crippen LogP contribution in [0.2, 0.25) is 0 Å². The highest BCUT2D eigenvalue weighted by molar-refractivity contribution is 7.99. The highest BCUT2D eigenvalue weighted by Crippen LogP contribution is 2.24. The minimum atomic E-state index is -3.52. The van der Waals surface area contributed by atoms with Crippen molar-refractivity contribution >= 4 is 27.5 Å². The van der Waals surface area contributed by atoms with Crippen molar-refractivity contribution in [2.75, 3.05) is 17.2 Å². The van der Waals surface area contributed by atoms with Gasteiger partial charge in [0, 0.05) is 17.5 Å². The molecule has 6 heteroatoms. The quantitative estimate of drug-likeness (QED) is 0.791. The fourth-order valence-electron chi connectivity index (χ4n) is 1.91. The normalized spacial score (nSPS) is 13.5. The molecule has 0 saturated carbocycles. The number of hydrogen-bond donors (Lipinski definition) is 2. The number of benzene rings is 1. The summed E-state index contributed by atoms with van der Waals surface area (Å²) in [4.78, 5) is 0.306. The Morgan fingerprint density at radius 3 is 2.58 bits per heavy atom. The molecule has 1 atom stereocenters. The van der Waals surface area contributed by atoms with Crippen molar-refractivity contribution in [2.45, 2.75) is 38.6 Å². The fraction of sp³-hybridized carbons (Fsp3) is 0.538. The van der Waals surface area contributed by atoms with Crippen molar-refractivity contribution in [3.05, 3.63) is 23.3 Å². The van der Waals surface area contributed by atoms with Crippen molar-refractivity contribution in [2.24, 2.45) is 0 Å². The Labute approximate surface area is 120 Å². The maximum atomic E-state index is 12.4. The van der Waals surface area contributed by atoms with Crippen molar-refractivity contribution in [1.29, 1.82) is 0 Å². The largest absolute Gasteiger partial charge is 0.398 e. The Kier molecular flexibility index (Phi) is 5.70. The Hall–Kier alpha value is -0.720. The van der Waals surface area contributed by atoms with Gasteiger partial charge in [-0.05, 0) is 43.7 Å². The average molecular weight is 302 g/mol. The molecule has 1 aromatic carbocycles. The van der Waals surface area contributed by atoms with Crippen LogP contribution >= 0.6 is 11.8 Å². The second kappa shape index (κ2) is 6.63. The Morgan fingerprint density at radius 2 is 2.00 bits per heavy atom. The zero-order valence-corrected chi connectivity index (χ0v) is 13.5. The molecule has 0 bridgehead atoms. The van der Waals surface area contributed by atoms with E-state index in [0.29, 0.717) is 16.1 Å². The van der Waals surface area contributed by atoms with Gasteiger partial charge in [-0.3, -0.25) is 0 Å². The van der Waals surface area contributed by atoms with E-state index in [1.807, 2.05) is 6.92 Å². The first-order valence-electron chi connectivity index (χ1n) is 6.25. The monoisotopic (exact) mass is 302 g/mol. The number of aryl methyl sites for hydroxylation is 1. The lowest BCUT2D eigenvalue weighted by atomic mass is 10.1. The summed E-state index contributed by atoms with van der Waals surface area (Å²) in [5, 5.41) is 0.